The van der Waals surface area contributed by atoms with Gasteiger partial charge in [-0.1, -0.05) is 25.7 Å². The average molecular weight is 276 g/mol. The largest absolute Gasteiger partial charge is 0.330 e. The highest BCUT2D eigenvalue weighted by molar-refractivity contribution is 5.95. The van der Waals surface area contributed by atoms with Crippen LogP contribution in [0.15, 0.2) is 12.3 Å². The van der Waals surface area contributed by atoms with E-state index in [1.807, 2.05) is 15.6 Å². The maximum absolute atomic E-state index is 12.9. The maximum atomic E-state index is 12.9. The van der Waals surface area contributed by atoms with Crippen LogP contribution >= 0.6 is 0 Å². The molecule has 1 atom stereocenters. The number of fused-ring (bicyclic) bond motifs is 1. The van der Waals surface area contributed by atoms with Crippen molar-refractivity contribution in [3.8, 4) is 0 Å². The van der Waals surface area contributed by atoms with Gasteiger partial charge >= 0.3 is 0 Å². The Morgan fingerprint density at radius 2 is 2.05 bits per heavy atom. The lowest BCUT2D eigenvalue weighted by Gasteiger charge is -2.27. The minimum atomic E-state index is -0.0189. The van der Waals surface area contributed by atoms with Crippen molar-refractivity contribution in [3.63, 3.8) is 0 Å². The minimum Gasteiger partial charge on any atom is -0.330 e. The molecule has 2 aliphatic rings. The standard InChI is InChI=1S/C15H24N4O/c16-11-13(12-5-3-1-2-4-6-12)15(20)18-9-10-19-14(18)7-8-17-19/h7-8,12-13H,1-6,9-11,16H2. The monoisotopic (exact) mass is 276 g/mol. The molecule has 2 N–H and O–H groups in total. The first-order chi connectivity index (χ1) is 9.81. The van der Waals surface area contributed by atoms with Gasteiger partial charge in [0.2, 0.25) is 5.91 Å². The molecule has 1 aromatic heterocycles. The van der Waals surface area contributed by atoms with Crippen molar-refractivity contribution >= 4 is 11.7 Å². The highest BCUT2D eigenvalue weighted by Crippen LogP contribution is 2.31. The van der Waals surface area contributed by atoms with Gasteiger partial charge in [-0.3, -0.25) is 9.69 Å². The van der Waals surface area contributed by atoms with Gasteiger partial charge < -0.3 is 5.73 Å². The average Bonchev–Trinajstić information content (AvgIpc) is 2.96. The van der Waals surface area contributed by atoms with Crippen molar-refractivity contribution in [1.82, 2.24) is 9.78 Å². The lowest BCUT2D eigenvalue weighted by Crippen LogP contribution is -2.41. The van der Waals surface area contributed by atoms with Crippen molar-refractivity contribution in [1.29, 1.82) is 0 Å². The SMILES string of the molecule is NCC(C(=O)N1CCn2nccc21)C1CCCCCC1. The summed E-state index contributed by atoms with van der Waals surface area (Å²) in [4.78, 5) is 14.7. The van der Waals surface area contributed by atoms with Crippen LogP contribution in [-0.2, 0) is 11.3 Å². The summed E-state index contributed by atoms with van der Waals surface area (Å²) in [6, 6.07) is 1.92. The number of anilines is 1. The summed E-state index contributed by atoms with van der Waals surface area (Å²) in [5.74, 6) is 1.59. The Bertz CT molecular complexity index is 462. The van der Waals surface area contributed by atoms with E-state index in [0.717, 1.165) is 31.7 Å². The molecule has 5 nitrogen and oxygen atoms in total. The molecule has 1 aliphatic heterocycles. The van der Waals surface area contributed by atoms with Gasteiger partial charge in [-0.05, 0) is 18.8 Å². The van der Waals surface area contributed by atoms with Crippen molar-refractivity contribution in [2.45, 2.75) is 45.1 Å². The molecule has 20 heavy (non-hydrogen) atoms. The number of rotatable bonds is 3. The summed E-state index contributed by atoms with van der Waals surface area (Å²) in [5.41, 5.74) is 5.95. The van der Waals surface area contributed by atoms with Crippen LogP contribution in [0.1, 0.15) is 38.5 Å². The second-order valence-electron chi connectivity index (χ2n) is 6.00. The Hall–Kier alpha value is -1.36. The van der Waals surface area contributed by atoms with E-state index in [-0.39, 0.29) is 11.8 Å². The van der Waals surface area contributed by atoms with Crippen LogP contribution in [0.3, 0.4) is 0 Å². The van der Waals surface area contributed by atoms with E-state index in [9.17, 15) is 4.79 Å². The Kier molecular flexibility index (Phi) is 4.05. The zero-order valence-corrected chi connectivity index (χ0v) is 12.0. The molecule has 1 aliphatic carbocycles. The third kappa shape index (κ3) is 2.46. The summed E-state index contributed by atoms with van der Waals surface area (Å²) in [6.45, 7) is 2.01. The molecule has 1 fully saturated rings. The van der Waals surface area contributed by atoms with Gasteiger partial charge in [0, 0.05) is 19.2 Å². The zero-order valence-electron chi connectivity index (χ0n) is 12.0. The molecule has 1 saturated carbocycles. The molecular weight excluding hydrogens is 252 g/mol. The van der Waals surface area contributed by atoms with Crippen LogP contribution in [0, 0.1) is 11.8 Å². The number of hydrogen-bond acceptors (Lipinski definition) is 3. The molecule has 0 radical (unpaired) electrons. The molecule has 0 aromatic carbocycles. The van der Waals surface area contributed by atoms with E-state index in [4.69, 9.17) is 5.73 Å². The molecule has 1 unspecified atom stereocenters. The molecule has 0 saturated heterocycles. The van der Waals surface area contributed by atoms with Crippen molar-refractivity contribution < 1.29 is 4.79 Å². The predicted octanol–water partition coefficient (Wildman–Crippen LogP) is 1.77. The fourth-order valence-corrected chi connectivity index (χ4v) is 3.67. The van der Waals surface area contributed by atoms with Crippen LogP contribution in [0.4, 0.5) is 5.82 Å². The molecule has 110 valence electrons. The molecule has 1 aromatic rings. The minimum absolute atomic E-state index is 0.0189. The Balaban J connectivity index is 1.74. The number of nitrogens with two attached hydrogens (primary N) is 1. The zero-order chi connectivity index (χ0) is 13.9. The highest BCUT2D eigenvalue weighted by atomic mass is 16.2. The van der Waals surface area contributed by atoms with E-state index in [1.54, 1.807) is 6.20 Å². The Labute approximate surface area is 120 Å². The van der Waals surface area contributed by atoms with Gasteiger partial charge in [0.15, 0.2) is 0 Å². The van der Waals surface area contributed by atoms with Gasteiger partial charge in [0.05, 0.1) is 18.7 Å². The molecule has 2 heterocycles. The number of amides is 1. The Morgan fingerprint density at radius 3 is 2.75 bits per heavy atom. The molecule has 3 rings (SSSR count). The number of carbonyl (C=O) groups is 1. The van der Waals surface area contributed by atoms with Crippen LogP contribution in [-0.4, -0.2) is 28.8 Å². The van der Waals surface area contributed by atoms with Crippen molar-refractivity contribution in [3.05, 3.63) is 12.3 Å². The van der Waals surface area contributed by atoms with Gasteiger partial charge in [-0.25, -0.2) is 4.68 Å². The van der Waals surface area contributed by atoms with E-state index >= 15 is 0 Å². The van der Waals surface area contributed by atoms with Gasteiger partial charge in [0.25, 0.3) is 0 Å². The third-order valence-corrected chi connectivity index (χ3v) is 4.81. The second kappa shape index (κ2) is 5.95. The van der Waals surface area contributed by atoms with Gasteiger partial charge in [-0.15, -0.1) is 0 Å². The summed E-state index contributed by atoms with van der Waals surface area (Å²) in [5, 5.41) is 4.23. The van der Waals surface area contributed by atoms with E-state index in [0.29, 0.717) is 12.5 Å². The van der Waals surface area contributed by atoms with E-state index < -0.39 is 0 Å². The first kappa shape index (κ1) is 13.6. The Morgan fingerprint density at radius 1 is 1.30 bits per heavy atom. The van der Waals surface area contributed by atoms with Crippen LogP contribution in [0.5, 0.6) is 0 Å². The normalized spacial score (nSPS) is 21.6. The maximum Gasteiger partial charge on any atom is 0.232 e. The summed E-state index contributed by atoms with van der Waals surface area (Å²) in [7, 11) is 0. The molecular formula is C15H24N4O. The summed E-state index contributed by atoms with van der Waals surface area (Å²) >= 11 is 0. The number of hydrogen-bond donors (Lipinski definition) is 1. The molecule has 1 amide bonds. The molecule has 0 bridgehead atoms. The van der Waals surface area contributed by atoms with E-state index in [2.05, 4.69) is 5.10 Å². The smallest absolute Gasteiger partial charge is 0.232 e. The highest BCUT2D eigenvalue weighted by Gasteiger charge is 2.34. The third-order valence-electron chi connectivity index (χ3n) is 4.81. The topological polar surface area (TPSA) is 64.2 Å². The first-order valence-corrected chi connectivity index (χ1v) is 7.84. The van der Waals surface area contributed by atoms with Crippen LogP contribution in [0.2, 0.25) is 0 Å². The fraction of sp³-hybridized carbons (Fsp3) is 0.733. The summed E-state index contributed by atoms with van der Waals surface area (Å²) in [6.07, 6.45) is 9.16. The number of aromatic nitrogens is 2. The van der Waals surface area contributed by atoms with Crippen LogP contribution < -0.4 is 10.6 Å². The number of carbonyl (C=O) groups excluding carboxylic acids is 1. The fourth-order valence-electron chi connectivity index (χ4n) is 3.67. The summed E-state index contributed by atoms with van der Waals surface area (Å²) < 4.78 is 1.90. The number of nitrogens with zero attached hydrogens (tertiary/aromatic N) is 3. The second-order valence-corrected chi connectivity index (χ2v) is 6.00. The quantitative estimate of drug-likeness (QED) is 0.856. The van der Waals surface area contributed by atoms with Crippen molar-refractivity contribution in [2.75, 3.05) is 18.0 Å². The van der Waals surface area contributed by atoms with Gasteiger partial charge in [0.1, 0.15) is 5.82 Å². The lowest BCUT2D eigenvalue weighted by molar-refractivity contribution is -0.123. The predicted molar refractivity (Wildman–Crippen MR) is 78.3 cm³/mol. The van der Waals surface area contributed by atoms with Gasteiger partial charge in [-0.2, -0.15) is 5.10 Å². The van der Waals surface area contributed by atoms with E-state index in [1.165, 1.54) is 25.7 Å². The van der Waals surface area contributed by atoms with Crippen LogP contribution in [0.25, 0.3) is 0 Å². The molecule has 0 spiro atoms. The first-order valence-electron chi connectivity index (χ1n) is 7.84. The molecule has 5 heteroatoms. The lowest BCUT2D eigenvalue weighted by atomic mass is 9.85. The van der Waals surface area contributed by atoms with Crippen molar-refractivity contribution in [2.24, 2.45) is 17.6 Å².